The maximum atomic E-state index is 12.4. The Balaban J connectivity index is 2.00. The van der Waals surface area contributed by atoms with Gasteiger partial charge in [-0.05, 0) is 30.4 Å². The summed E-state index contributed by atoms with van der Waals surface area (Å²) in [6.07, 6.45) is 3.22. The van der Waals surface area contributed by atoms with Crippen LogP contribution in [0.2, 0.25) is 0 Å². The van der Waals surface area contributed by atoms with E-state index in [1.165, 1.54) is 0 Å². The van der Waals surface area contributed by atoms with Crippen molar-refractivity contribution in [2.45, 2.75) is 33.1 Å². The molecule has 1 aromatic carbocycles. The lowest BCUT2D eigenvalue weighted by Gasteiger charge is -2.25. The summed E-state index contributed by atoms with van der Waals surface area (Å²) in [6.45, 7) is 5.30. The van der Waals surface area contributed by atoms with Gasteiger partial charge in [0, 0.05) is 24.2 Å². The molecule has 0 saturated heterocycles. The molecule has 1 aliphatic rings. The molecule has 0 radical (unpaired) electrons. The van der Waals surface area contributed by atoms with E-state index in [2.05, 4.69) is 19.2 Å². The molecule has 2 rings (SSSR count). The molecule has 110 valence electrons. The first-order valence-corrected chi connectivity index (χ1v) is 7.27. The van der Waals surface area contributed by atoms with Gasteiger partial charge in [0.2, 0.25) is 5.91 Å². The molecule has 1 unspecified atom stereocenters. The molecule has 1 fully saturated rings. The van der Waals surface area contributed by atoms with E-state index in [1.54, 1.807) is 0 Å². The third-order valence-electron chi connectivity index (χ3n) is 4.06. The molecule has 1 saturated carbocycles. The van der Waals surface area contributed by atoms with Crippen molar-refractivity contribution in [2.24, 2.45) is 17.1 Å². The van der Waals surface area contributed by atoms with Crippen molar-refractivity contribution < 1.29 is 9.53 Å². The van der Waals surface area contributed by atoms with E-state index in [0.29, 0.717) is 13.2 Å². The molecule has 4 heteroatoms. The van der Waals surface area contributed by atoms with E-state index in [0.717, 1.165) is 30.7 Å². The van der Waals surface area contributed by atoms with Crippen LogP contribution in [0.15, 0.2) is 24.3 Å². The number of amides is 1. The Morgan fingerprint density at radius 3 is 2.95 bits per heavy atom. The summed E-state index contributed by atoms with van der Waals surface area (Å²) in [7, 11) is 0. The molecule has 0 aromatic heterocycles. The Bertz CT molecular complexity index is 471. The van der Waals surface area contributed by atoms with Gasteiger partial charge in [-0.3, -0.25) is 4.79 Å². The van der Waals surface area contributed by atoms with Crippen LogP contribution in [0.4, 0.5) is 5.69 Å². The molecule has 1 aromatic rings. The predicted molar refractivity (Wildman–Crippen MR) is 80.7 cm³/mol. The van der Waals surface area contributed by atoms with Crippen molar-refractivity contribution in [1.29, 1.82) is 0 Å². The highest BCUT2D eigenvalue weighted by atomic mass is 16.5. The van der Waals surface area contributed by atoms with Gasteiger partial charge in [-0.1, -0.05) is 26.3 Å². The van der Waals surface area contributed by atoms with Crippen LogP contribution in [0.1, 0.15) is 33.1 Å². The van der Waals surface area contributed by atoms with Gasteiger partial charge >= 0.3 is 0 Å². The highest BCUT2D eigenvalue weighted by molar-refractivity contribution is 5.93. The topological polar surface area (TPSA) is 64.3 Å². The lowest BCUT2D eigenvalue weighted by atomic mass is 9.81. The van der Waals surface area contributed by atoms with Crippen LogP contribution in [-0.2, 0) is 4.79 Å². The molecule has 0 heterocycles. The molecular formula is C16H24N2O2. The minimum atomic E-state index is 0.0936. The molecule has 20 heavy (non-hydrogen) atoms. The third kappa shape index (κ3) is 3.51. The van der Waals surface area contributed by atoms with Crippen LogP contribution in [0, 0.1) is 11.3 Å². The van der Waals surface area contributed by atoms with Gasteiger partial charge in [-0.15, -0.1) is 0 Å². The van der Waals surface area contributed by atoms with E-state index in [9.17, 15) is 4.79 Å². The number of nitrogens with two attached hydrogens (primary N) is 1. The minimum Gasteiger partial charge on any atom is -0.492 e. The monoisotopic (exact) mass is 276 g/mol. The number of ether oxygens (including phenoxy) is 1. The highest BCUT2D eigenvalue weighted by Gasteiger charge is 2.39. The normalized spacial score (nSPS) is 20.6. The van der Waals surface area contributed by atoms with Crippen molar-refractivity contribution in [2.75, 3.05) is 18.5 Å². The van der Waals surface area contributed by atoms with E-state index >= 15 is 0 Å². The fourth-order valence-electron chi connectivity index (χ4n) is 2.88. The first-order chi connectivity index (χ1) is 9.53. The summed E-state index contributed by atoms with van der Waals surface area (Å²) in [5.74, 6) is 0.943. The summed E-state index contributed by atoms with van der Waals surface area (Å²) >= 11 is 0. The van der Waals surface area contributed by atoms with Gasteiger partial charge in [-0.25, -0.2) is 0 Å². The molecule has 1 atom stereocenters. The number of carbonyl (C=O) groups excluding carboxylic acids is 1. The van der Waals surface area contributed by atoms with E-state index in [1.807, 2.05) is 24.3 Å². The van der Waals surface area contributed by atoms with Gasteiger partial charge in [0.1, 0.15) is 12.4 Å². The van der Waals surface area contributed by atoms with Crippen LogP contribution in [-0.4, -0.2) is 19.1 Å². The van der Waals surface area contributed by atoms with Crippen molar-refractivity contribution in [1.82, 2.24) is 0 Å². The molecule has 0 aliphatic heterocycles. The zero-order valence-electron chi connectivity index (χ0n) is 12.3. The summed E-state index contributed by atoms with van der Waals surface area (Å²) in [4.78, 5) is 12.4. The molecule has 0 spiro atoms. The summed E-state index contributed by atoms with van der Waals surface area (Å²) in [5, 5.41) is 3.01. The predicted octanol–water partition coefficient (Wildman–Crippen LogP) is 2.79. The van der Waals surface area contributed by atoms with Crippen LogP contribution < -0.4 is 15.8 Å². The number of carbonyl (C=O) groups is 1. The van der Waals surface area contributed by atoms with Crippen molar-refractivity contribution >= 4 is 11.6 Å². The molecule has 1 aliphatic carbocycles. The molecule has 4 nitrogen and oxygen atoms in total. The third-order valence-corrected chi connectivity index (χ3v) is 4.06. The number of benzene rings is 1. The Hall–Kier alpha value is -1.55. The van der Waals surface area contributed by atoms with Crippen molar-refractivity contribution in [3.8, 4) is 5.75 Å². The minimum absolute atomic E-state index is 0.0936. The lowest BCUT2D eigenvalue weighted by Crippen LogP contribution is -2.30. The Morgan fingerprint density at radius 1 is 1.50 bits per heavy atom. The van der Waals surface area contributed by atoms with Crippen LogP contribution >= 0.6 is 0 Å². The first-order valence-electron chi connectivity index (χ1n) is 7.27. The summed E-state index contributed by atoms with van der Waals surface area (Å²) < 4.78 is 5.47. The SMILES string of the molecule is CC1(C)CCCC1C(=O)Nc1cccc(OCCN)c1. The number of nitrogens with one attached hydrogen (secondary N) is 1. The molecule has 0 bridgehead atoms. The largest absolute Gasteiger partial charge is 0.492 e. The van der Waals surface area contributed by atoms with E-state index < -0.39 is 0 Å². The number of rotatable bonds is 5. The zero-order valence-corrected chi connectivity index (χ0v) is 12.3. The lowest BCUT2D eigenvalue weighted by molar-refractivity contribution is -0.122. The maximum absolute atomic E-state index is 12.4. The second-order valence-electron chi connectivity index (χ2n) is 6.09. The second kappa shape index (κ2) is 6.27. The van der Waals surface area contributed by atoms with Crippen LogP contribution in [0.25, 0.3) is 0 Å². The number of hydrogen-bond donors (Lipinski definition) is 2. The molecule has 3 N–H and O–H groups in total. The van der Waals surface area contributed by atoms with Gasteiger partial charge in [-0.2, -0.15) is 0 Å². The average Bonchev–Trinajstić information content (AvgIpc) is 2.76. The number of hydrogen-bond acceptors (Lipinski definition) is 3. The molecule has 1 amide bonds. The summed E-state index contributed by atoms with van der Waals surface area (Å²) in [5.41, 5.74) is 6.29. The summed E-state index contributed by atoms with van der Waals surface area (Å²) in [6, 6.07) is 7.47. The van der Waals surface area contributed by atoms with Crippen molar-refractivity contribution in [3.05, 3.63) is 24.3 Å². The Kier molecular flexibility index (Phi) is 4.65. The second-order valence-corrected chi connectivity index (χ2v) is 6.09. The first kappa shape index (κ1) is 14.9. The number of anilines is 1. The fourth-order valence-corrected chi connectivity index (χ4v) is 2.88. The molecular weight excluding hydrogens is 252 g/mol. The fraction of sp³-hybridized carbons (Fsp3) is 0.562. The highest BCUT2D eigenvalue weighted by Crippen LogP contribution is 2.43. The average molecular weight is 276 g/mol. The van der Waals surface area contributed by atoms with E-state index in [4.69, 9.17) is 10.5 Å². The standard InChI is InChI=1S/C16H24N2O2/c1-16(2)8-4-7-14(16)15(19)18-12-5-3-6-13(11-12)20-10-9-17/h3,5-6,11,14H,4,7-10,17H2,1-2H3,(H,18,19). The van der Waals surface area contributed by atoms with Gasteiger partial charge in [0.25, 0.3) is 0 Å². The maximum Gasteiger partial charge on any atom is 0.228 e. The van der Waals surface area contributed by atoms with Crippen LogP contribution in [0.3, 0.4) is 0 Å². The smallest absolute Gasteiger partial charge is 0.228 e. The van der Waals surface area contributed by atoms with E-state index in [-0.39, 0.29) is 17.2 Å². The van der Waals surface area contributed by atoms with Crippen molar-refractivity contribution in [3.63, 3.8) is 0 Å². The van der Waals surface area contributed by atoms with Gasteiger partial charge < -0.3 is 15.8 Å². The van der Waals surface area contributed by atoms with Crippen LogP contribution in [0.5, 0.6) is 5.75 Å². The Morgan fingerprint density at radius 2 is 2.30 bits per heavy atom. The quantitative estimate of drug-likeness (QED) is 0.869. The van der Waals surface area contributed by atoms with Gasteiger partial charge in [0.05, 0.1) is 0 Å². The Labute approximate surface area is 120 Å². The van der Waals surface area contributed by atoms with Gasteiger partial charge in [0.15, 0.2) is 0 Å². The zero-order chi connectivity index (χ0) is 14.6.